The quantitative estimate of drug-likeness (QED) is 0.129. The second-order valence-corrected chi connectivity index (χ2v) is 21.1. The highest BCUT2D eigenvalue weighted by molar-refractivity contribution is 6.10. The summed E-state index contributed by atoms with van der Waals surface area (Å²) in [5.74, 6) is 0. The van der Waals surface area contributed by atoms with Crippen LogP contribution in [0.5, 0.6) is 0 Å². The SMILES string of the molecule is Cc1cc(N(c2ccc3oc4ccc(-c5ccccc5)cc4c3c2)c2ccccc2-c2ccccc2)cc(C)c1-c1c(C)cc(N(c2ccc3oc4ccc(-c5ccccc5)cc4c3c2)c2ccccc2-c2ccccc2)cc1C. The molecule has 0 saturated carbocycles. The third-order valence-electron chi connectivity index (χ3n) is 15.9. The predicted molar refractivity (Wildman–Crippen MR) is 336 cm³/mol. The lowest BCUT2D eigenvalue weighted by atomic mass is 9.88. The van der Waals surface area contributed by atoms with Crippen molar-refractivity contribution in [3.63, 3.8) is 0 Å². The molecule has 80 heavy (non-hydrogen) atoms. The first-order valence-corrected chi connectivity index (χ1v) is 27.5. The van der Waals surface area contributed by atoms with Gasteiger partial charge in [-0.1, -0.05) is 170 Å². The van der Waals surface area contributed by atoms with Gasteiger partial charge in [-0.25, -0.2) is 0 Å². The number of furan rings is 2. The summed E-state index contributed by atoms with van der Waals surface area (Å²) in [6.07, 6.45) is 0. The highest BCUT2D eigenvalue weighted by Crippen LogP contribution is 2.48. The Hall–Kier alpha value is -10.2. The molecular weight excluding hydrogens is 973 g/mol. The minimum absolute atomic E-state index is 0.859. The molecule has 14 rings (SSSR count). The van der Waals surface area contributed by atoms with Gasteiger partial charge in [0, 0.05) is 55.4 Å². The summed E-state index contributed by atoms with van der Waals surface area (Å²) in [7, 11) is 0. The van der Waals surface area contributed by atoms with Crippen LogP contribution in [0.1, 0.15) is 22.3 Å². The Morgan fingerprint density at radius 1 is 0.237 bits per heavy atom. The minimum atomic E-state index is 0.859. The molecular formula is C76H56N2O2. The highest BCUT2D eigenvalue weighted by atomic mass is 16.3. The first-order valence-electron chi connectivity index (χ1n) is 27.5. The van der Waals surface area contributed by atoms with Crippen molar-refractivity contribution in [2.45, 2.75) is 27.7 Å². The Kier molecular flexibility index (Phi) is 12.1. The van der Waals surface area contributed by atoms with Crippen LogP contribution in [-0.2, 0) is 0 Å². The Balaban J connectivity index is 0.909. The number of para-hydroxylation sites is 2. The van der Waals surface area contributed by atoms with Crippen molar-refractivity contribution >= 4 is 78.0 Å². The standard InChI is InChI=1S/C76H56N2O2/c1-49-41-61(77(69-31-19-17-29-63(69)55-25-13-7-14-26-55)59-35-39-73-67(47-59)65-45-57(33-37-71(65)79-73)53-21-9-5-10-22-53)42-50(2)75(49)76-51(3)43-62(44-52(76)4)78(70-32-20-18-30-64(70)56-27-15-8-16-28-56)60-36-40-74-68(48-60)66-46-58(34-38-72(66)80-74)54-23-11-6-12-24-54/h5-48H,1-4H3. The van der Waals surface area contributed by atoms with E-state index >= 15 is 0 Å². The van der Waals surface area contributed by atoms with Crippen LogP contribution in [-0.4, -0.2) is 0 Å². The molecule has 0 N–H and O–H groups in total. The monoisotopic (exact) mass is 1030 g/mol. The van der Waals surface area contributed by atoms with Gasteiger partial charge < -0.3 is 18.6 Å². The van der Waals surface area contributed by atoms with Crippen molar-refractivity contribution in [3.8, 4) is 55.6 Å². The summed E-state index contributed by atoms with van der Waals surface area (Å²) in [4.78, 5) is 4.86. The van der Waals surface area contributed by atoms with E-state index in [4.69, 9.17) is 8.83 Å². The Morgan fingerprint density at radius 2 is 0.537 bits per heavy atom. The van der Waals surface area contributed by atoms with Crippen molar-refractivity contribution in [1.82, 2.24) is 0 Å². The molecule has 4 nitrogen and oxygen atoms in total. The molecule has 0 fully saturated rings. The summed E-state index contributed by atoms with van der Waals surface area (Å²) in [5, 5.41) is 4.33. The lowest BCUT2D eigenvalue weighted by molar-refractivity contribution is 0.668. The maximum atomic E-state index is 6.53. The van der Waals surface area contributed by atoms with Crippen LogP contribution in [0.3, 0.4) is 0 Å². The van der Waals surface area contributed by atoms with Gasteiger partial charge in [-0.3, -0.25) is 0 Å². The molecule has 0 aliphatic heterocycles. The van der Waals surface area contributed by atoms with E-state index < -0.39 is 0 Å². The van der Waals surface area contributed by atoms with Gasteiger partial charge in [0.05, 0.1) is 11.4 Å². The third kappa shape index (κ3) is 8.59. The van der Waals surface area contributed by atoms with Gasteiger partial charge in [-0.15, -0.1) is 0 Å². The van der Waals surface area contributed by atoms with Crippen LogP contribution in [0.2, 0.25) is 0 Å². The summed E-state index contributed by atoms with van der Waals surface area (Å²) < 4.78 is 13.1. The van der Waals surface area contributed by atoms with E-state index in [9.17, 15) is 0 Å². The molecule has 0 atom stereocenters. The topological polar surface area (TPSA) is 32.8 Å². The van der Waals surface area contributed by atoms with E-state index in [1.54, 1.807) is 0 Å². The number of benzene rings is 12. The molecule has 14 aromatic rings. The van der Waals surface area contributed by atoms with Crippen molar-refractivity contribution < 1.29 is 8.83 Å². The number of hydrogen-bond acceptors (Lipinski definition) is 4. The summed E-state index contributed by atoms with van der Waals surface area (Å²) >= 11 is 0. The van der Waals surface area contributed by atoms with E-state index in [0.717, 1.165) is 111 Å². The molecule has 4 heteroatoms. The molecule has 0 radical (unpaired) electrons. The Bertz CT molecular complexity index is 4290. The average Bonchev–Trinajstić information content (AvgIpc) is 4.08. The average molecular weight is 1030 g/mol. The van der Waals surface area contributed by atoms with E-state index in [1.165, 1.54) is 44.5 Å². The van der Waals surface area contributed by atoms with E-state index in [1.807, 2.05) is 0 Å². The summed E-state index contributed by atoms with van der Waals surface area (Å²) in [6, 6.07) is 95.9. The van der Waals surface area contributed by atoms with Gasteiger partial charge >= 0.3 is 0 Å². The van der Waals surface area contributed by atoms with E-state index in [0.29, 0.717) is 0 Å². The molecule has 0 aliphatic rings. The van der Waals surface area contributed by atoms with Crippen molar-refractivity contribution in [3.05, 3.63) is 289 Å². The summed E-state index contributed by atoms with van der Waals surface area (Å²) in [6.45, 7) is 9.09. The number of aryl methyl sites for hydroxylation is 4. The van der Waals surface area contributed by atoms with Gasteiger partial charge in [0.25, 0.3) is 0 Å². The molecule has 0 unspecified atom stereocenters. The zero-order chi connectivity index (χ0) is 53.8. The number of anilines is 6. The molecule has 0 amide bonds. The molecule has 0 saturated heterocycles. The first kappa shape index (κ1) is 48.2. The maximum Gasteiger partial charge on any atom is 0.135 e. The van der Waals surface area contributed by atoms with Crippen LogP contribution in [0.4, 0.5) is 34.1 Å². The van der Waals surface area contributed by atoms with Crippen LogP contribution < -0.4 is 9.80 Å². The lowest BCUT2D eigenvalue weighted by Crippen LogP contribution is -2.13. The molecule has 2 heterocycles. The smallest absolute Gasteiger partial charge is 0.135 e. The first-order chi connectivity index (χ1) is 39.3. The highest BCUT2D eigenvalue weighted by Gasteiger charge is 2.25. The van der Waals surface area contributed by atoms with E-state index in [2.05, 4.69) is 304 Å². The normalized spacial score (nSPS) is 11.5. The predicted octanol–water partition coefficient (Wildman–Crippen LogP) is 22.0. The Labute approximate surface area is 466 Å². The maximum absolute atomic E-state index is 6.53. The van der Waals surface area contributed by atoms with Crippen LogP contribution in [0.25, 0.3) is 99.5 Å². The van der Waals surface area contributed by atoms with Crippen LogP contribution in [0.15, 0.2) is 276 Å². The zero-order valence-corrected chi connectivity index (χ0v) is 45.1. The molecule has 382 valence electrons. The number of fused-ring (bicyclic) bond motifs is 6. The van der Waals surface area contributed by atoms with Gasteiger partial charge in [-0.05, 0) is 192 Å². The molecule has 0 bridgehead atoms. The minimum Gasteiger partial charge on any atom is -0.456 e. The van der Waals surface area contributed by atoms with Gasteiger partial charge in [0.15, 0.2) is 0 Å². The van der Waals surface area contributed by atoms with Gasteiger partial charge in [0.1, 0.15) is 22.3 Å². The van der Waals surface area contributed by atoms with Crippen LogP contribution >= 0.6 is 0 Å². The fraction of sp³-hybridized carbons (Fsp3) is 0.0526. The molecule has 2 aromatic heterocycles. The second kappa shape index (κ2) is 20.0. The number of hydrogen-bond donors (Lipinski definition) is 0. The van der Waals surface area contributed by atoms with E-state index in [-0.39, 0.29) is 0 Å². The lowest BCUT2D eigenvalue weighted by Gasteiger charge is -2.30. The Morgan fingerprint density at radius 3 is 0.900 bits per heavy atom. The van der Waals surface area contributed by atoms with Gasteiger partial charge in [0.2, 0.25) is 0 Å². The largest absolute Gasteiger partial charge is 0.456 e. The fourth-order valence-corrected chi connectivity index (χ4v) is 12.3. The number of nitrogens with zero attached hydrogens (tertiary/aromatic N) is 2. The van der Waals surface area contributed by atoms with Crippen LogP contribution in [0, 0.1) is 27.7 Å². The number of rotatable bonds is 11. The summed E-state index contributed by atoms with van der Waals surface area (Å²) in [5.41, 5.74) is 26.4. The van der Waals surface area contributed by atoms with Crippen molar-refractivity contribution in [2.24, 2.45) is 0 Å². The van der Waals surface area contributed by atoms with Gasteiger partial charge in [-0.2, -0.15) is 0 Å². The zero-order valence-electron chi connectivity index (χ0n) is 45.1. The molecule has 0 aliphatic carbocycles. The van der Waals surface area contributed by atoms with Crippen molar-refractivity contribution in [2.75, 3.05) is 9.80 Å². The molecule has 12 aromatic carbocycles. The third-order valence-corrected chi connectivity index (χ3v) is 15.9. The fourth-order valence-electron chi connectivity index (χ4n) is 12.3. The molecule has 0 spiro atoms. The second-order valence-electron chi connectivity index (χ2n) is 21.1. The van der Waals surface area contributed by atoms with Crippen molar-refractivity contribution in [1.29, 1.82) is 0 Å².